The Bertz CT molecular complexity index is 857. The largest absolute Gasteiger partial charge is 0.494 e. The number of amides is 2. The van der Waals surface area contributed by atoms with Gasteiger partial charge >= 0.3 is 6.09 Å². The van der Waals surface area contributed by atoms with Gasteiger partial charge < -0.3 is 19.4 Å². The number of carbonyl (C=O) groups is 2. The Morgan fingerprint density at radius 2 is 2.08 bits per heavy atom. The molecule has 3 rings (SSSR count). The van der Waals surface area contributed by atoms with Crippen LogP contribution in [0.25, 0.3) is 0 Å². The number of aromatic nitrogens is 1. The van der Waals surface area contributed by atoms with Crippen molar-refractivity contribution in [2.24, 2.45) is 0 Å². The molecule has 26 heavy (non-hydrogen) atoms. The molecule has 0 spiro atoms. The van der Waals surface area contributed by atoms with Crippen LogP contribution in [0.2, 0.25) is 0 Å². The first-order valence-electron chi connectivity index (χ1n) is 8.56. The summed E-state index contributed by atoms with van der Waals surface area (Å²) in [5, 5.41) is 2.90. The Morgan fingerprint density at radius 3 is 2.65 bits per heavy atom. The molecule has 1 aromatic heterocycles. The van der Waals surface area contributed by atoms with E-state index < -0.39 is 6.09 Å². The van der Waals surface area contributed by atoms with Crippen LogP contribution in [0.4, 0.5) is 16.2 Å². The van der Waals surface area contributed by atoms with Gasteiger partial charge in [-0.1, -0.05) is 0 Å². The fourth-order valence-electron chi connectivity index (χ4n) is 3.31. The van der Waals surface area contributed by atoms with Crippen molar-refractivity contribution in [1.82, 2.24) is 4.57 Å². The first-order chi connectivity index (χ1) is 12.5. The predicted octanol–water partition coefficient (Wildman–Crippen LogP) is 3.34. The normalized spacial score (nSPS) is 13.7. The van der Waals surface area contributed by atoms with Gasteiger partial charge in [-0.3, -0.25) is 9.69 Å². The maximum atomic E-state index is 12.7. The molecule has 0 atom stereocenters. The number of cyclic esters (lactones) is 1. The number of anilines is 2. The molecule has 1 aliphatic rings. The second kappa shape index (κ2) is 7.11. The lowest BCUT2D eigenvalue weighted by atomic mass is 10.2. The van der Waals surface area contributed by atoms with Gasteiger partial charge in [0.05, 0.1) is 24.9 Å². The Kier molecular flexibility index (Phi) is 4.88. The van der Waals surface area contributed by atoms with Crippen molar-refractivity contribution in [3.8, 4) is 5.75 Å². The number of ether oxygens (including phenoxy) is 2. The summed E-state index contributed by atoms with van der Waals surface area (Å²) in [5.41, 5.74) is 3.86. The SMILES string of the molecule is CCn1c(C)cc(C(=O)Nc2ccc(N3CCOC3=O)c(OC)c2)c1C. The molecule has 0 radical (unpaired) electrons. The molecule has 2 aromatic rings. The van der Waals surface area contributed by atoms with E-state index in [4.69, 9.17) is 9.47 Å². The maximum absolute atomic E-state index is 12.7. The highest BCUT2D eigenvalue weighted by Crippen LogP contribution is 2.33. The fraction of sp³-hybridized carbons (Fsp3) is 0.368. The Balaban J connectivity index is 1.84. The van der Waals surface area contributed by atoms with Gasteiger partial charge in [0.25, 0.3) is 5.91 Å². The van der Waals surface area contributed by atoms with E-state index >= 15 is 0 Å². The number of aryl methyl sites for hydroxylation is 1. The molecule has 0 saturated carbocycles. The van der Waals surface area contributed by atoms with Gasteiger partial charge in [-0.15, -0.1) is 0 Å². The summed E-state index contributed by atoms with van der Waals surface area (Å²) in [6.07, 6.45) is -0.396. The van der Waals surface area contributed by atoms with Crippen LogP contribution in [-0.2, 0) is 11.3 Å². The number of nitrogens with one attached hydrogen (secondary N) is 1. The Labute approximate surface area is 152 Å². The van der Waals surface area contributed by atoms with E-state index in [1.165, 1.54) is 12.0 Å². The zero-order valence-corrected chi connectivity index (χ0v) is 15.5. The number of rotatable bonds is 5. The van der Waals surface area contributed by atoms with Crippen LogP contribution >= 0.6 is 0 Å². The predicted molar refractivity (Wildman–Crippen MR) is 99.2 cm³/mol. The van der Waals surface area contributed by atoms with E-state index in [0.29, 0.717) is 35.8 Å². The minimum absolute atomic E-state index is 0.173. The summed E-state index contributed by atoms with van der Waals surface area (Å²) in [6.45, 7) is 7.62. The number of hydrogen-bond acceptors (Lipinski definition) is 4. The van der Waals surface area contributed by atoms with Crippen LogP contribution in [0.1, 0.15) is 28.7 Å². The lowest BCUT2D eigenvalue weighted by Crippen LogP contribution is -2.24. The monoisotopic (exact) mass is 357 g/mol. The molecule has 1 aromatic carbocycles. The molecule has 1 N–H and O–H groups in total. The minimum Gasteiger partial charge on any atom is -0.494 e. The standard InChI is InChI=1S/C19H23N3O4/c1-5-21-12(2)10-15(13(21)3)18(23)20-14-6-7-16(17(11-14)25-4)22-8-9-26-19(22)24/h6-7,10-11H,5,8-9H2,1-4H3,(H,20,23). The molecule has 7 nitrogen and oxygen atoms in total. The van der Waals surface area contributed by atoms with Gasteiger partial charge in [0.1, 0.15) is 12.4 Å². The minimum atomic E-state index is -0.396. The van der Waals surface area contributed by atoms with Gasteiger partial charge in [0.15, 0.2) is 0 Å². The highest BCUT2D eigenvalue weighted by Gasteiger charge is 2.26. The van der Waals surface area contributed by atoms with E-state index in [-0.39, 0.29) is 5.91 Å². The van der Waals surface area contributed by atoms with Crippen LogP contribution in [0, 0.1) is 13.8 Å². The fourth-order valence-corrected chi connectivity index (χ4v) is 3.31. The maximum Gasteiger partial charge on any atom is 0.414 e. The summed E-state index contributed by atoms with van der Waals surface area (Å²) in [4.78, 5) is 25.9. The third-order valence-electron chi connectivity index (χ3n) is 4.62. The van der Waals surface area contributed by atoms with Crippen molar-refractivity contribution in [3.63, 3.8) is 0 Å². The summed E-state index contributed by atoms with van der Waals surface area (Å²) in [5.74, 6) is 0.328. The van der Waals surface area contributed by atoms with Crippen molar-refractivity contribution in [3.05, 3.63) is 41.2 Å². The van der Waals surface area contributed by atoms with Crippen molar-refractivity contribution >= 4 is 23.4 Å². The molecule has 2 heterocycles. The van der Waals surface area contributed by atoms with Crippen LogP contribution in [0.15, 0.2) is 24.3 Å². The summed E-state index contributed by atoms with van der Waals surface area (Å²) < 4.78 is 12.5. The Morgan fingerprint density at radius 1 is 1.31 bits per heavy atom. The summed E-state index contributed by atoms with van der Waals surface area (Å²) in [7, 11) is 1.53. The van der Waals surface area contributed by atoms with E-state index in [2.05, 4.69) is 16.8 Å². The quantitative estimate of drug-likeness (QED) is 0.891. The van der Waals surface area contributed by atoms with Crippen LogP contribution in [0.5, 0.6) is 5.75 Å². The Hall–Kier alpha value is -2.96. The lowest BCUT2D eigenvalue weighted by molar-refractivity contribution is 0.102. The van der Waals surface area contributed by atoms with E-state index in [9.17, 15) is 9.59 Å². The molecule has 138 valence electrons. The molecule has 1 saturated heterocycles. The van der Waals surface area contributed by atoms with Crippen LogP contribution in [-0.4, -0.2) is 36.8 Å². The second-order valence-corrected chi connectivity index (χ2v) is 6.14. The molecule has 0 aliphatic carbocycles. The lowest BCUT2D eigenvalue weighted by Gasteiger charge is -2.17. The molecule has 2 amide bonds. The van der Waals surface area contributed by atoms with Gasteiger partial charge in [0, 0.05) is 29.7 Å². The topological polar surface area (TPSA) is 72.8 Å². The number of nitrogens with zero attached hydrogens (tertiary/aromatic N) is 2. The molecule has 1 fully saturated rings. The number of carbonyl (C=O) groups excluding carboxylic acids is 2. The summed E-state index contributed by atoms with van der Waals surface area (Å²) in [6, 6.07) is 7.09. The second-order valence-electron chi connectivity index (χ2n) is 6.14. The van der Waals surface area contributed by atoms with E-state index in [1.54, 1.807) is 18.2 Å². The molecular formula is C19H23N3O4. The third kappa shape index (κ3) is 3.12. The van der Waals surface area contributed by atoms with Gasteiger partial charge in [0.2, 0.25) is 0 Å². The third-order valence-corrected chi connectivity index (χ3v) is 4.62. The van der Waals surface area contributed by atoms with Gasteiger partial charge in [-0.2, -0.15) is 0 Å². The average molecular weight is 357 g/mol. The molecule has 0 bridgehead atoms. The first kappa shape index (κ1) is 17.8. The number of benzene rings is 1. The highest BCUT2D eigenvalue weighted by atomic mass is 16.6. The van der Waals surface area contributed by atoms with Gasteiger partial charge in [-0.25, -0.2) is 4.79 Å². The van der Waals surface area contributed by atoms with Crippen molar-refractivity contribution in [1.29, 1.82) is 0 Å². The number of hydrogen-bond donors (Lipinski definition) is 1. The highest BCUT2D eigenvalue weighted by molar-refractivity contribution is 6.05. The first-order valence-corrected chi connectivity index (χ1v) is 8.56. The summed E-state index contributed by atoms with van der Waals surface area (Å²) >= 11 is 0. The zero-order valence-electron chi connectivity index (χ0n) is 15.5. The van der Waals surface area contributed by atoms with Crippen molar-refractivity contribution in [2.75, 3.05) is 30.5 Å². The smallest absolute Gasteiger partial charge is 0.414 e. The van der Waals surface area contributed by atoms with E-state index in [0.717, 1.165) is 17.9 Å². The molecular weight excluding hydrogens is 334 g/mol. The van der Waals surface area contributed by atoms with Crippen molar-refractivity contribution < 1.29 is 19.1 Å². The number of methoxy groups -OCH3 is 1. The average Bonchev–Trinajstić information content (AvgIpc) is 3.17. The van der Waals surface area contributed by atoms with Crippen LogP contribution < -0.4 is 15.0 Å². The van der Waals surface area contributed by atoms with E-state index in [1.807, 2.05) is 19.9 Å². The zero-order chi connectivity index (χ0) is 18.8. The molecule has 7 heteroatoms. The van der Waals surface area contributed by atoms with Crippen LogP contribution in [0.3, 0.4) is 0 Å². The molecule has 1 aliphatic heterocycles. The van der Waals surface area contributed by atoms with Gasteiger partial charge in [-0.05, 0) is 39.0 Å². The molecule has 0 unspecified atom stereocenters. The van der Waals surface area contributed by atoms with Crippen molar-refractivity contribution in [2.45, 2.75) is 27.3 Å².